The minimum atomic E-state index is -1.61. The zero-order valence-corrected chi connectivity index (χ0v) is 11.6. The summed E-state index contributed by atoms with van der Waals surface area (Å²) in [5.41, 5.74) is -0.167. The van der Waals surface area contributed by atoms with Crippen LogP contribution in [-0.4, -0.2) is 24.4 Å². The summed E-state index contributed by atoms with van der Waals surface area (Å²) < 4.78 is 39.5. The van der Waals surface area contributed by atoms with Crippen molar-refractivity contribution >= 4 is 17.5 Å². The van der Waals surface area contributed by atoms with Crippen molar-refractivity contribution in [3.8, 4) is 0 Å². The van der Waals surface area contributed by atoms with Gasteiger partial charge in [-0.15, -0.1) is 0 Å². The molecule has 0 aliphatic carbocycles. The van der Waals surface area contributed by atoms with E-state index in [1.54, 1.807) is 0 Å². The van der Waals surface area contributed by atoms with E-state index in [1.807, 2.05) is 13.8 Å². The van der Waals surface area contributed by atoms with Crippen molar-refractivity contribution in [2.24, 2.45) is 5.92 Å². The molecule has 1 heterocycles. The molecule has 1 atom stereocenters. The summed E-state index contributed by atoms with van der Waals surface area (Å²) in [7, 11) is 0. The summed E-state index contributed by atoms with van der Waals surface area (Å²) in [6, 6.07) is 0.672. The molecule has 7 heteroatoms. The van der Waals surface area contributed by atoms with E-state index < -0.39 is 35.3 Å². The zero-order chi connectivity index (χ0) is 15.7. The highest BCUT2D eigenvalue weighted by Crippen LogP contribution is 2.24. The molecule has 2 rings (SSSR count). The Labute approximate surface area is 119 Å². The lowest BCUT2D eigenvalue weighted by Crippen LogP contribution is -2.58. The highest BCUT2D eigenvalue weighted by Gasteiger charge is 2.34. The molecule has 2 amide bonds. The van der Waals surface area contributed by atoms with E-state index in [9.17, 15) is 22.8 Å². The number of nitrogens with one attached hydrogen (secondary N) is 1. The van der Waals surface area contributed by atoms with Gasteiger partial charge in [-0.25, -0.2) is 13.2 Å². The SMILES string of the molecule is CC(C)CC1NC(=O)CN(c2cc(F)c(F)c(F)c2)C1=O. The molecule has 4 nitrogen and oxygen atoms in total. The van der Waals surface area contributed by atoms with Crippen LogP contribution in [0, 0.1) is 23.4 Å². The smallest absolute Gasteiger partial charge is 0.250 e. The molecule has 0 saturated carbocycles. The standard InChI is InChI=1S/C14H15F3N2O2/c1-7(2)3-11-14(21)19(6-12(20)18-11)8-4-9(15)13(17)10(16)5-8/h4-5,7,11H,3,6H2,1-2H3,(H,18,20). The highest BCUT2D eigenvalue weighted by molar-refractivity contribution is 6.06. The van der Waals surface area contributed by atoms with Gasteiger partial charge in [0.05, 0.1) is 5.69 Å². The van der Waals surface area contributed by atoms with Crippen LogP contribution < -0.4 is 10.2 Å². The number of carbonyl (C=O) groups excluding carboxylic acids is 2. The fourth-order valence-electron chi connectivity index (χ4n) is 2.26. The topological polar surface area (TPSA) is 49.4 Å². The summed E-state index contributed by atoms with van der Waals surface area (Å²) in [5.74, 6) is -5.14. The second-order valence-electron chi connectivity index (χ2n) is 5.40. The third-order valence-electron chi connectivity index (χ3n) is 3.19. The Morgan fingerprint density at radius 1 is 1.24 bits per heavy atom. The van der Waals surface area contributed by atoms with Crippen molar-refractivity contribution in [1.29, 1.82) is 0 Å². The van der Waals surface area contributed by atoms with Gasteiger partial charge in [0.1, 0.15) is 12.6 Å². The Balaban J connectivity index is 2.33. The predicted molar refractivity (Wildman–Crippen MR) is 70.1 cm³/mol. The van der Waals surface area contributed by atoms with Crippen molar-refractivity contribution in [2.75, 3.05) is 11.4 Å². The monoisotopic (exact) mass is 300 g/mol. The molecule has 1 N–H and O–H groups in total. The Kier molecular flexibility index (Phi) is 4.20. The number of carbonyl (C=O) groups is 2. The van der Waals surface area contributed by atoms with Crippen molar-refractivity contribution < 1.29 is 22.8 Å². The van der Waals surface area contributed by atoms with Gasteiger partial charge in [-0.05, 0) is 12.3 Å². The Hall–Kier alpha value is -2.05. The van der Waals surface area contributed by atoms with Gasteiger partial charge in [0.2, 0.25) is 11.8 Å². The van der Waals surface area contributed by atoms with Gasteiger partial charge >= 0.3 is 0 Å². The van der Waals surface area contributed by atoms with E-state index in [0.29, 0.717) is 18.6 Å². The minimum absolute atomic E-state index is 0.154. The van der Waals surface area contributed by atoms with Gasteiger partial charge in [0.25, 0.3) is 0 Å². The van der Waals surface area contributed by atoms with Crippen LogP contribution >= 0.6 is 0 Å². The average molecular weight is 300 g/mol. The fraction of sp³-hybridized carbons (Fsp3) is 0.429. The number of amides is 2. The summed E-state index contributed by atoms with van der Waals surface area (Å²) >= 11 is 0. The second kappa shape index (κ2) is 5.75. The lowest BCUT2D eigenvalue weighted by molar-refractivity contribution is -0.131. The van der Waals surface area contributed by atoms with E-state index >= 15 is 0 Å². The summed E-state index contributed by atoms with van der Waals surface area (Å²) in [5, 5.41) is 2.55. The summed E-state index contributed by atoms with van der Waals surface area (Å²) in [6.07, 6.45) is 0.410. The van der Waals surface area contributed by atoms with E-state index in [1.165, 1.54) is 0 Å². The molecule has 1 fully saturated rings. The molecule has 1 aromatic rings. The van der Waals surface area contributed by atoms with Crippen molar-refractivity contribution in [3.05, 3.63) is 29.6 Å². The van der Waals surface area contributed by atoms with Crippen LogP contribution in [0.2, 0.25) is 0 Å². The number of rotatable bonds is 3. The first kappa shape index (κ1) is 15.3. The van der Waals surface area contributed by atoms with Crippen LogP contribution in [0.5, 0.6) is 0 Å². The molecule has 1 aliphatic rings. The number of hydrogen-bond acceptors (Lipinski definition) is 2. The van der Waals surface area contributed by atoms with Gasteiger partial charge in [0.15, 0.2) is 17.5 Å². The molecule has 0 spiro atoms. The van der Waals surface area contributed by atoms with Gasteiger partial charge < -0.3 is 10.2 Å². The third-order valence-corrected chi connectivity index (χ3v) is 3.19. The number of halogens is 3. The first-order valence-corrected chi connectivity index (χ1v) is 6.55. The Morgan fingerprint density at radius 2 is 1.81 bits per heavy atom. The van der Waals surface area contributed by atoms with Crippen molar-refractivity contribution in [1.82, 2.24) is 5.32 Å². The molecule has 1 aliphatic heterocycles. The zero-order valence-electron chi connectivity index (χ0n) is 11.6. The quantitative estimate of drug-likeness (QED) is 0.868. The van der Waals surface area contributed by atoms with Crippen LogP contribution in [0.1, 0.15) is 20.3 Å². The summed E-state index contributed by atoms with van der Waals surface area (Å²) in [6.45, 7) is 3.42. The first-order chi connectivity index (χ1) is 9.79. The third kappa shape index (κ3) is 3.17. The normalized spacial score (nSPS) is 19.1. The number of nitrogens with zero attached hydrogens (tertiary/aromatic N) is 1. The Bertz CT molecular complexity index is 567. The Morgan fingerprint density at radius 3 is 2.33 bits per heavy atom. The average Bonchev–Trinajstić information content (AvgIpc) is 2.38. The van der Waals surface area contributed by atoms with E-state index in [-0.39, 0.29) is 18.2 Å². The molecule has 0 aromatic heterocycles. The molecular weight excluding hydrogens is 285 g/mol. The molecule has 0 bridgehead atoms. The maximum Gasteiger partial charge on any atom is 0.250 e. The van der Waals surface area contributed by atoms with E-state index in [0.717, 1.165) is 4.90 Å². The minimum Gasteiger partial charge on any atom is -0.343 e. The molecule has 21 heavy (non-hydrogen) atoms. The lowest BCUT2D eigenvalue weighted by atomic mass is 10.0. The lowest BCUT2D eigenvalue weighted by Gasteiger charge is -2.33. The maximum absolute atomic E-state index is 13.3. The summed E-state index contributed by atoms with van der Waals surface area (Å²) in [4.78, 5) is 24.9. The van der Waals surface area contributed by atoms with E-state index in [4.69, 9.17) is 0 Å². The van der Waals surface area contributed by atoms with Gasteiger partial charge in [-0.2, -0.15) is 0 Å². The van der Waals surface area contributed by atoms with E-state index in [2.05, 4.69) is 5.32 Å². The van der Waals surface area contributed by atoms with Crippen molar-refractivity contribution in [2.45, 2.75) is 26.3 Å². The van der Waals surface area contributed by atoms with Gasteiger partial charge in [0, 0.05) is 12.1 Å². The number of anilines is 1. The van der Waals surface area contributed by atoms with Crippen LogP contribution in [0.3, 0.4) is 0 Å². The molecule has 1 saturated heterocycles. The predicted octanol–water partition coefficient (Wildman–Crippen LogP) is 1.98. The second-order valence-corrected chi connectivity index (χ2v) is 5.40. The number of benzene rings is 1. The number of hydrogen-bond donors (Lipinski definition) is 1. The van der Waals surface area contributed by atoms with Gasteiger partial charge in [-0.3, -0.25) is 9.59 Å². The fourth-order valence-corrected chi connectivity index (χ4v) is 2.26. The maximum atomic E-state index is 13.3. The van der Waals surface area contributed by atoms with Gasteiger partial charge in [-0.1, -0.05) is 13.8 Å². The van der Waals surface area contributed by atoms with Crippen LogP contribution in [0.4, 0.5) is 18.9 Å². The largest absolute Gasteiger partial charge is 0.343 e. The van der Waals surface area contributed by atoms with Crippen LogP contribution in [0.25, 0.3) is 0 Å². The molecule has 0 radical (unpaired) electrons. The first-order valence-electron chi connectivity index (χ1n) is 6.55. The molecule has 1 unspecified atom stereocenters. The molecule has 1 aromatic carbocycles. The molecule has 114 valence electrons. The van der Waals surface area contributed by atoms with Crippen LogP contribution in [0.15, 0.2) is 12.1 Å². The number of piperazine rings is 1. The highest BCUT2D eigenvalue weighted by atomic mass is 19.2. The molecular formula is C14H15F3N2O2. The van der Waals surface area contributed by atoms with Crippen molar-refractivity contribution in [3.63, 3.8) is 0 Å². The van der Waals surface area contributed by atoms with Crippen LogP contribution in [-0.2, 0) is 9.59 Å².